The number of aliphatic hydroxyl groups is 1. The number of carbonyl (C=O) groups is 1. The molecule has 4 heteroatoms. The number of aryl methyl sites for hydroxylation is 1. The van der Waals surface area contributed by atoms with Gasteiger partial charge in [-0.3, -0.25) is 4.79 Å². The second-order valence-corrected chi connectivity index (χ2v) is 4.07. The van der Waals surface area contributed by atoms with Crippen LogP contribution in [0.5, 0.6) is 5.75 Å². The van der Waals surface area contributed by atoms with Gasteiger partial charge in [0.15, 0.2) is 6.61 Å². The Morgan fingerprint density at radius 1 is 1.28 bits per heavy atom. The van der Waals surface area contributed by atoms with Gasteiger partial charge in [-0.1, -0.05) is 19.1 Å². The lowest BCUT2D eigenvalue weighted by atomic mass is 10.2. The maximum Gasteiger partial charge on any atom is 0.257 e. The lowest BCUT2D eigenvalue weighted by Gasteiger charge is -2.07. The van der Waals surface area contributed by atoms with Crippen LogP contribution in [0.15, 0.2) is 24.3 Å². The summed E-state index contributed by atoms with van der Waals surface area (Å²) < 4.78 is 5.36. The predicted octanol–water partition coefficient (Wildman–Crippen LogP) is 1.52. The molecule has 0 bridgehead atoms. The Hall–Kier alpha value is -1.55. The largest absolute Gasteiger partial charge is 0.484 e. The Balaban J connectivity index is 2.20. The number of amides is 1. The van der Waals surface area contributed by atoms with E-state index in [4.69, 9.17) is 9.84 Å². The molecular formula is C14H21NO3. The Kier molecular flexibility index (Phi) is 6.87. The normalized spacial score (nSPS) is 10.1. The minimum atomic E-state index is -0.132. The molecule has 18 heavy (non-hydrogen) atoms. The first-order valence-corrected chi connectivity index (χ1v) is 6.35. The second kappa shape index (κ2) is 8.53. The van der Waals surface area contributed by atoms with Crippen LogP contribution >= 0.6 is 0 Å². The topological polar surface area (TPSA) is 58.6 Å². The van der Waals surface area contributed by atoms with Gasteiger partial charge in [-0.15, -0.1) is 0 Å². The van der Waals surface area contributed by atoms with Crippen LogP contribution in [-0.4, -0.2) is 30.8 Å². The monoisotopic (exact) mass is 251 g/mol. The van der Waals surface area contributed by atoms with E-state index in [1.54, 1.807) is 0 Å². The van der Waals surface area contributed by atoms with Gasteiger partial charge in [-0.05, 0) is 37.0 Å². The molecule has 0 fully saturated rings. The molecule has 0 saturated heterocycles. The second-order valence-electron chi connectivity index (χ2n) is 4.07. The van der Waals surface area contributed by atoms with E-state index in [1.807, 2.05) is 24.3 Å². The van der Waals surface area contributed by atoms with Crippen LogP contribution in [0.2, 0.25) is 0 Å². The third kappa shape index (κ3) is 5.68. The van der Waals surface area contributed by atoms with Gasteiger partial charge in [0.1, 0.15) is 5.75 Å². The maximum absolute atomic E-state index is 11.4. The van der Waals surface area contributed by atoms with Gasteiger partial charge in [-0.2, -0.15) is 0 Å². The number of ether oxygens (including phenoxy) is 1. The van der Waals surface area contributed by atoms with Gasteiger partial charge in [0, 0.05) is 13.2 Å². The third-order valence-electron chi connectivity index (χ3n) is 2.61. The molecule has 0 aliphatic rings. The summed E-state index contributed by atoms with van der Waals surface area (Å²) in [5, 5.41) is 11.3. The first kappa shape index (κ1) is 14.5. The molecule has 1 aromatic carbocycles. The zero-order valence-electron chi connectivity index (χ0n) is 10.8. The van der Waals surface area contributed by atoms with Crippen LogP contribution in [-0.2, 0) is 11.2 Å². The first-order chi connectivity index (χ1) is 8.76. The summed E-state index contributed by atoms with van der Waals surface area (Å²) in [6.07, 6.45) is 2.48. The minimum Gasteiger partial charge on any atom is -0.484 e. The fourth-order valence-corrected chi connectivity index (χ4v) is 1.49. The molecule has 0 radical (unpaired) electrons. The number of hydrogen-bond donors (Lipinski definition) is 2. The van der Waals surface area contributed by atoms with Crippen LogP contribution in [0.4, 0.5) is 0 Å². The van der Waals surface area contributed by atoms with E-state index in [1.165, 1.54) is 5.56 Å². The molecule has 1 rings (SSSR count). The first-order valence-electron chi connectivity index (χ1n) is 6.35. The minimum absolute atomic E-state index is 0.0323. The van der Waals surface area contributed by atoms with Crippen molar-refractivity contribution in [1.29, 1.82) is 0 Å². The molecule has 0 saturated carbocycles. The van der Waals surface area contributed by atoms with Crippen LogP contribution < -0.4 is 10.1 Å². The molecule has 0 aromatic heterocycles. The van der Waals surface area contributed by atoms with Crippen molar-refractivity contribution >= 4 is 5.91 Å². The van der Waals surface area contributed by atoms with Gasteiger partial charge in [0.05, 0.1) is 0 Å². The number of unbranched alkanes of at least 4 members (excludes halogenated alkanes) is 1. The third-order valence-corrected chi connectivity index (χ3v) is 2.61. The molecule has 1 aromatic rings. The average Bonchev–Trinajstić information content (AvgIpc) is 2.42. The molecule has 100 valence electrons. The van der Waals surface area contributed by atoms with E-state index in [2.05, 4.69) is 12.2 Å². The molecule has 2 N–H and O–H groups in total. The molecule has 0 spiro atoms. The van der Waals surface area contributed by atoms with E-state index in [9.17, 15) is 4.79 Å². The zero-order chi connectivity index (χ0) is 13.2. The lowest BCUT2D eigenvalue weighted by molar-refractivity contribution is -0.123. The number of rotatable bonds is 8. The van der Waals surface area contributed by atoms with Gasteiger partial charge < -0.3 is 15.2 Å². The van der Waals surface area contributed by atoms with E-state index in [0.29, 0.717) is 18.7 Å². The molecule has 0 heterocycles. The molecule has 0 aliphatic heterocycles. The van der Waals surface area contributed by atoms with Crippen molar-refractivity contribution in [2.24, 2.45) is 0 Å². The van der Waals surface area contributed by atoms with E-state index in [0.717, 1.165) is 12.8 Å². The van der Waals surface area contributed by atoms with Crippen LogP contribution in [0.25, 0.3) is 0 Å². The average molecular weight is 251 g/mol. The number of hydrogen-bond acceptors (Lipinski definition) is 3. The van der Waals surface area contributed by atoms with Crippen molar-refractivity contribution in [2.45, 2.75) is 26.2 Å². The number of carbonyl (C=O) groups excluding carboxylic acids is 1. The summed E-state index contributed by atoms with van der Waals surface area (Å²) in [5.41, 5.74) is 1.25. The fourth-order valence-electron chi connectivity index (χ4n) is 1.49. The summed E-state index contributed by atoms with van der Waals surface area (Å²) in [6.45, 7) is 2.87. The Morgan fingerprint density at radius 3 is 2.61 bits per heavy atom. The number of nitrogens with one attached hydrogen (secondary N) is 1. The van der Waals surface area contributed by atoms with Gasteiger partial charge in [0.25, 0.3) is 5.91 Å². The van der Waals surface area contributed by atoms with Crippen molar-refractivity contribution < 1.29 is 14.6 Å². The highest BCUT2D eigenvalue weighted by molar-refractivity contribution is 5.77. The Labute approximate surface area is 108 Å². The lowest BCUT2D eigenvalue weighted by Crippen LogP contribution is -2.29. The molecule has 0 aliphatic carbocycles. The Bertz CT molecular complexity index is 349. The summed E-state index contributed by atoms with van der Waals surface area (Å²) in [6, 6.07) is 7.73. The summed E-state index contributed by atoms with van der Waals surface area (Å²) in [7, 11) is 0. The van der Waals surface area contributed by atoms with E-state index >= 15 is 0 Å². The van der Waals surface area contributed by atoms with Crippen molar-refractivity contribution in [3.05, 3.63) is 29.8 Å². The van der Waals surface area contributed by atoms with Crippen molar-refractivity contribution in [3.8, 4) is 5.75 Å². The van der Waals surface area contributed by atoms with Crippen LogP contribution in [0.1, 0.15) is 25.3 Å². The fraction of sp³-hybridized carbons (Fsp3) is 0.500. The molecule has 0 atom stereocenters. The van der Waals surface area contributed by atoms with E-state index in [-0.39, 0.29) is 19.1 Å². The van der Waals surface area contributed by atoms with Gasteiger partial charge >= 0.3 is 0 Å². The highest BCUT2D eigenvalue weighted by Crippen LogP contribution is 2.12. The predicted molar refractivity (Wildman–Crippen MR) is 70.6 cm³/mol. The summed E-state index contributed by atoms with van der Waals surface area (Å²) >= 11 is 0. The Morgan fingerprint density at radius 2 is 2.00 bits per heavy atom. The number of benzene rings is 1. The quantitative estimate of drug-likeness (QED) is 0.689. The SMILES string of the molecule is CCc1ccc(OCC(=O)NCCCCO)cc1. The van der Waals surface area contributed by atoms with Crippen LogP contribution in [0.3, 0.4) is 0 Å². The zero-order valence-corrected chi connectivity index (χ0v) is 10.8. The standard InChI is InChI=1S/C14H21NO3/c1-2-12-5-7-13(8-6-12)18-11-14(17)15-9-3-4-10-16/h5-8,16H,2-4,9-11H2,1H3,(H,15,17). The summed E-state index contributed by atoms with van der Waals surface area (Å²) in [4.78, 5) is 11.4. The molecular weight excluding hydrogens is 230 g/mol. The maximum atomic E-state index is 11.4. The van der Waals surface area contributed by atoms with E-state index < -0.39 is 0 Å². The van der Waals surface area contributed by atoms with Gasteiger partial charge in [0.2, 0.25) is 0 Å². The number of aliphatic hydroxyl groups excluding tert-OH is 1. The van der Waals surface area contributed by atoms with Crippen molar-refractivity contribution in [1.82, 2.24) is 5.32 Å². The smallest absolute Gasteiger partial charge is 0.257 e. The van der Waals surface area contributed by atoms with Crippen molar-refractivity contribution in [2.75, 3.05) is 19.8 Å². The summed E-state index contributed by atoms with van der Waals surface area (Å²) in [5.74, 6) is 0.574. The van der Waals surface area contributed by atoms with Crippen LogP contribution in [0, 0.1) is 0 Å². The molecule has 1 amide bonds. The van der Waals surface area contributed by atoms with Crippen molar-refractivity contribution in [3.63, 3.8) is 0 Å². The van der Waals surface area contributed by atoms with Gasteiger partial charge in [-0.25, -0.2) is 0 Å². The molecule has 4 nitrogen and oxygen atoms in total. The highest BCUT2D eigenvalue weighted by Gasteiger charge is 2.01. The highest BCUT2D eigenvalue weighted by atomic mass is 16.5. The molecule has 0 unspecified atom stereocenters.